The Labute approximate surface area is 120 Å². The van der Waals surface area contributed by atoms with Crippen molar-refractivity contribution < 1.29 is 0 Å². The summed E-state index contributed by atoms with van der Waals surface area (Å²) in [5.74, 6) is 0. The average Bonchev–Trinajstić information content (AvgIpc) is 2.94. The van der Waals surface area contributed by atoms with E-state index in [4.69, 9.17) is 4.74 Å². The fourth-order valence-corrected chi connectivity index (χ4v) is 8.75. The van der Waals surface area contributed by atoms with Gasteiger partial charge in [0, 0.05) is 12.1 Å². The first-order chi connectivity index (χ1) is 9.02. The Balaban J connectivity index is 3.33. The molecule has 0 aromatic heterocycles. The van der Waals surface area contributed by atoms with Gasteiger partial charge in [0.1, 0.15) is 0 Å². The second-order valence-electron chi connectivity index (χ2n) is 5.96. The molecule has 19 heavy (non-hydrogen) atoms. The smallest absolute Gasteiger partial charge is 0.0425 e. The Hall–Kier alpha value is -0.290. The van der Waals surface area contributed by atoms with E-state index in [1.807, 2.05) is 0 Å². The van der Waals surface area contributed by atoms with E-state index in [1.54, 1.807) is 0 Å². The highest BCUT2D eigenvalue weighted by molar-refractivity contribution is 7.68. The van der Waals surface area contributed by atoms with Crippen molar-refractivity contribution in [3.8, 4) is 0 Å². The van der Waals surface area contributed by atoms with Gasteiger partial charge in [0.15, 0.2) is 0 Å². The van der Waals surface area contributed by atoms with Crippen molar-refractivity contribution in [2.24, 2.45) is 4.74 Å². The van der Waals surface area contributed by atoms with Crippen LogP contribution in [0.15, 0.2) is 28.7 Å². The molecule has 1 nitrogen and oxygen atoms in total. The summed E-state index contributed by atoms with van der Waals surface area (Å²) in [6.45, 7) is 14.3. The number of allylic oxidation sites excluding steroid dienone is 3. The lowest BCUT2D eigenvalue weighted by molar-refractivity contribution is 0.768. The van der Waals surface area contributed by atoms with Crippen LogP contribution in [0.4, 0.5) is 0 Å². The van der Waals surface area contributed by atoms with E-state index in [2.05, 4.69) is 59.8 Å². The summed E-state index contributed by atoms with van der Waals surface area (Å²) in [6.07, 6.45) is 11.4. The molecule has 3 unspecified atom stereocenters. The molecule has 0 aromatic rings. The van der Waals surface area contributed by atoms with Crippen LogP contribution < -0.4 is 0 Å². The molecule has 0 saturated heterocycles. The zero-order valence-corrected chi connectivity index (χ0v) is 14.6. The Morgan fingerprint density at radius 2 is 1.47 bits per heavy atom. The molecule has 1 aliphatic carbocycles. The quantitative estimate of drug-likeness (QED) is 0.477. The Morgan fingerprint density at radius 1 is 1.00 bits per heavy atom. The van der Waals surface area contributed by atoms with Crippen molar-refractivity contribution in [3.63, 3.8) is 0 Å². The van der Waals surface area contributed by atoms with Gasteiger partial charge in [0.05, 0.1) is 0 Å². The average molecular weight is 281 g/mol. The van der Waals surface area contributed by atoms with Crippen LogP contribution in [0.2, 0.25) is 0 Å². The zero-order chi connectivity index (χ0) is 14.5. The van der Waals surface area contributed by atoms with Crippen molar-refractivity contribution in [2.75, 3.05) is 0 Å². The predicted octanol–water partition coefficient (Wildman–Crippen LogP) is 6.43. The fourth-order valence-electron chi connectivity index (χ4n) is 3.21. The van der Waals surface area contributed by atoms with E-state index in [-0.39, 0.29) is 0 Å². The molecule has 0 amide bonds. The number of hydrogen-bond acceptors (Lipinski definition) is 1. The molecule has 0 aromatic carbocycles. The first-order valence-corrected chi connectivity index (χ1v) is 9.94. The molecule has 1 aliphatic rings. The summed E-state index contributed by atoms with van der Waals surface area (Å²) in [6, 6.07) is 0. The van der Waals surface area contributed by atoms with E-state index >= 15 is 0 Å². The summed E-state index contributed by atoms with van der Waals surface area (Å²) in [5.41, 5.74) is 3.57. The lowest BCUT2D eigenvalue weighted by Gasteiger charge is -2.40. The van der Waals surface area contributed by atoms with Gasteiger partial charge in [-0.2, -0.15) is 0 Å². The minimum absolute atomic E-state index is 0.749. The van der Waals surface area contributed by atoms with Crippen molar-refractivity contribution in [1.82, 2.24) is 0 Å². The van der Waals surface area contributed by atoms with Crippen LogP contribution in [-0.2, 0) is 0 Å². The van der Waals surface area contributed by atoms with Crippen molar-refractivity contribution in [2.45, 2.75) is 84.2 Å². The molecule has 0 heterocycles. The molecule has 2 heteroatoms. The highest BCUT2D eigenvalue weighted by atomic mass is 31.2. The van der Waals surface area contributed by atoms with Gasteiger partial charge in [-0.25, -0.2) is 0 Å². The fraction of sp³-hybridized carbons (Fsp3) is 0.765. The van der Waals surface area contributed by atoms with Gasteiger partial charge in [-0.15, -0.1) is 0 Å². The van der Waals surface area contributed by atoms with Gasteiger partial charge in [-0.05, 0) is 49.4 Å². The van der Waals surface area contributed by atoms with E-state index < -0.39 is 7.05 Å². The van der Waals surface area contributed by atoms with E-state index in [0.29, 0.717) is 0 Å². The van der Waals surface area contributed by atoms with Crippen LogP contribution in [0.25, 0.3) is 0 Å². The van der Waals surface area contributed by atoms with E-state index in [9.17, 15) is 0 Å². The van der Waals surface area contributed by atoms with Gasteiger partial charge in [-0.1, -0.05) is 53.7 Å². The van der Waals surface area contributed by atoms with Crippen LogP contribution in [-0.4, -0.2) is 17.0 Å². The SMILES string of the molecule is CCC(C)P(=NC1=CC=CC1)(C(C)CC)C(C)CC. The third-order valence-electron chi connectivity index (χ3n) is 4.94. The van der Waals surface area contributed by atoms with Gasteiger partial charge >= 0.3 is 0 Å². The van der Waals surface area contributed by atoms with Crippen LogP contribution in [0.5, 0.6) is 0 Å². The Morgan fingerprint density at radius 3 is 1.79 bits per heavy atom. The second-order valence-corrected chi connectivity index (χ2v) is 10.4. The normalized spacial score (nSPS) is 22.5. The maximum absolute atomic E-state index is 5.43. The molecule has 0 fully saturated rings. The molecular formula is C17H32NP. The summed E-state index contributed by atoms with van der Waals surface area (Å²) >= 11 is 0. The van der Waals surface area contributed by atoms with Crippen LogP contribution in [0, 0.1) is 0 Å². The molecule has 0 N–H and O–H groups in total. The minimum atomic E-state index is -1.30. The topological polar surface area (TPSA) is 12.4 Å². The first-order valence-electron chi connectivity index (χ1n) is 7.99. The molecule has 1 rings (SSSR count). The van der Waals surface area contributed by atoms with Crippen LogP contribution in [0.3, 0.4) is 0 Å². The maximum Gasteiger partial charge on any atom is 0.0425 e. The number of hydrogen-bond donors (Lipinski definition) is 0. The van der Waals surface area contributed by atoms with E-state index in [0.717, 1.165) is 23.4 Å². The Bertz CT molecular complexity index is 359. The molecule has 0 aliphatic heterocycles. The largest absolute Gasteiger partial charge is 0.271 e. The van der Waals surface area contributed by atoms with Gasteiger partial charge in [0.2, 0.25) is 0 Å². The van der Waals surface area contributed by atoms with Crippen LogP contribution >= 0.6 is 7.05 Å². The van der Waals surface area contributed by atoms with Crippen molar-refractivity contribution >= 4 is 7.05 Å². The second kappa shape index (κ2) is 7.48. The Kier molecular flexibility index (Phi) is 6.60. The van der Waals surface area contributed by atoms with Crippen molar-refractivity contribution in [1.29, 1.82) is 0 Å². The molecule has 3 atom stereocenters. The number of nitrogens with zero attached hydrogens (tertiary/aromatic N) is 1. The molecule has 0 spiro atoms. The maximum atomic E-state index is 5.43. The molecule has 110 valence electrons. The molecular weight excluding hydrogens is 249 g/mol. The monoisotopic (exact) mass is 281 g/mol. The van der Waals surface area contributed by atoms with E-state index in [1.165, 1.54) is 25.0 Å². The van der Waals surface area contributed by atoms with Gasteiger partial charge < -0.3 is 0 Å². The summed E-state index contributed by atoms with van der Waals surface area (Å²) in [7, 11) is -1.30. The lowest BCUT2D eigenvalue weighted by Crippen LogP contribution is -2.22. The summed E-state index contributed by atoms with van der Waals surface area (Å²) in [4.78, 5) is 0. The standard InChI is InChI=1S/C17H32NP/c1-7-14(4)19(15(5)8-2,16(6)9-3)18-17-12-10-11-13-17/h10-12,14-16H,7-9,13H2,1-6H3. The van der Waals surface area contributed by atoms with Gasteiger partial charge in [0.25, 0.3) is 0 Å². The third kappa shape index (κ3) is 3.43. The first kappa shape index (κ1) is 16.8. The summed E-state index contributed by atoms with van der Waals surface area (Å²) < 4.78 is 5.43. The highest BCUT2D eigenvalue weighted by Crippen LogP contribution is 2.65. The van der Waals surface area contributed by atoms with Gasteiger partial charge in [-0.3, -0.25) is 4.74 Å². The molecule has 0 saturated carbocycles. The molecule has 0 radical (unpaired) electrons. The summed E-state index contributed by atoms with van der Waals surface area (Å²) in [5, 5.41) is 0. The number of rotatable bonds is 7. The third-order valence-corrected chi connectivity index (χ3v) is 10.9. The van der Waals surface area contributed by atoms with Crippen LogP contribution in [0.1, 0.15) is 67.2 Å². The highest BCUT2D eigenvalue weighted by Gasteiger charge is 2.35. The van der Waals surface area contributed by atoms with Crippen molar-refractivity contribution in [3.05, 3.63) is 23.9 Å². The lowest BCUT2D eigenvalue weighted by atomic mass is 10.3. The minimum Gasteiger partial charge on any atom is -0.271 e. The predicted molar refractivity (Wildman–Crippen MR) is 90.4 cm³/mol. The zero-order valence-electron chi connectivity index (χ0n) is 13.7. The molecule has 0 bridgehead atoms.